The summed E-state index contributed by atoms with van der Waals surface area (Å²) in [6.45, 7) is 3.88. The monoisotopic (exact) mass is 304 g/mol. The Hall–Kier alpha value is -0.840. The van der Waals surface area contributed by atoms with Crippen LogP contribution in [0.1, 0.15) is 29.0 Å². The zero-order valence-electron chi connectivity index (χ0n) is 9.80. The van der Waals surface area contributed by atoms with Crippen molar-refractivity contribution in [2.24, 2.45) is 0 Å². The van der Waals surface area contributed by atoms with E-state index < -0.39 is 5.82 Å². The van der Waals surface area contributed by atoms with Crippen LogP contribution in [0.5, 0.6) is 0 Å². The van der Waals surface area contributed by atoms with E-state index in [1.165, 1.54) is 11.3 Å². The number of anilines is 1. The highest BCUT2D eigenvalue weighted by molar-refractivity contribution is 7.15. The molecule has 18 heavy (non-hydrogen) atoms. The Labute approximate surface area is 119 Å². The van der Waals surface area contributed by atoms with Gasteiger partial charge in [0.15, 0.2) is 10.9 Å². The molecule has 1 unspecified atom stereocenters. The van der Waals surface area contributed by atoms with Gasteiger partial charge in [0.05, 0.1) is 15.7 Å². The SMILES string of the molecule is Cc1nc(N)sc1C(C)c1cc(Cl)c(F)c(Cl)c1. The minimum atomic E-state index is -0.588. The summed E-state index contributed by atoms with van der Waals surface area (Å²) < 4.78 is 13.4. The Morgan fingerprint density at radius 3 is 2.33 bits per heavy atom. The Bertz CT molecular complexity index is 575. The normalized spacial score (nSPS) is 12.7. The highest BCUT2D eigenvalue weighted by atomic mass is 35.5. The number of benzene rings is 1. The van der Waals surface area contributed by atoms with E-state index in [9.17, 15) is 4.39 Å². The van der Waals surface area contributed by atoms with Gasteiger partial charge in [-0.3, -0.25) is 0 Å². The zero-order chi connectivity index (χ0) is 13.4. The van der Waals surface area contributed by atoms with Crippen molar-refractivity contribution < 1.29 is 4.39 Å². The van der Waals surface area contributed by atoms with Crippen molar-refractivity contribution in [3.05, 3.63) is 44.1 Å². The smallest absolute Gasteiger partial charge is 0.180 e. The van der Waals surface area contributed by atoms with E-state index in [1.807, 2.05) is 13.8 Å². The lowest BCUT2D eigenvalue weighted by Gasteiger charge is -2.12. The van der Waals surface area contributed by atoms with E-state index in [0.29, 0.717) is 5.13 Å². The third-order valence-electron chi connectivity index (χ3n) is 2.75. The highest BCUT2D eigenvalue weighted by Crippen LogP contribution is 2.35. The molecular formula is C12H11Cl2FN2S. The Balaban J connectivity index is 2.46. The lowest BCUT2D eigenvalue weighted by Crippen LogP contribution is -1.97. The predicted octanol–water partition coefficient (Wildman–Crippen LogP) is 4.63. The molecule has 0 aliphatic rings. The fraction of sp³-hybridized carbons (Fsp3) is 0.250. The Kier molecular flexibility index (Phi) is 3.80. The van der Waals surface area contributed by atoms with Gasteiger partial charge >= 0.3 is 0 Å². The maximum Gasteiger partial charge on any atom is 0.180 e. The molecule has 0 radical (unpaired) electrons. The van der Waals surface area contributed by atoms with E-state index in [1.54, 1.807) is 12.1 Å². The molecule has 0 fully saturated rings. The van der Waals surface area contributed by atoms with Crippen molar-refractivity contribution in [3.63, 3.8) is 0 Å². The van der Waals surface area contributed by atoms with Gasteiger partial charge in [-0.1, -0.05) is 30.1 Å². The van der Waals surface area contributed by atoms with Gasteiger partial charge in [0, 0.05) is 10.8 Å². The number of hydrogen-bond acceptors (Lipinski definition) is 3. The van der Waals surface area contributed by atoms with Crippen LogP contribution >= 0.6 is 34.5 Å². The molecule has 2 rings (SSSR count). The van der Waals surface area contributed by atoms with Gasteiger partial charge in [0.1, 0.15) is 0 Å². The van der Waals surface area contributed by atoms with Gasteiger partial charge in [0.25, 0.3) is 0 Å². The van der Waals surface area contributed by atoms with Gasteiger partial charge in [-0.25, -0.2) is 9.37 Å². The summed E-state index contributed by atoms with van der Waals surface area (Å²) in [4.78, 5) is 5.21. The second-order valence-electron chi connectivity index (χ2n) is 4.02. The fourth-order valence-corrected chi connectivity index (χ4v) is 3.23. The summed E-state index contributed by atoms with van der Waals surface area (Å²) in [6.07, 6.45) is 0. The molecule has 0 saturated heterocycles. The summed E-state index contributed by atoms with van der Waals surface area (Å²) in [5, 5.41) is 0.577. The summed E-state index contributed by atoms with van der Waals surface area (Å²) in [5.41, 5.74) is 7.40. The lowest BCUT2D eigenvalue weighted by atomic mass is 9.98. The van der Waals surface area contributed by atoms with Gasteiger partial charge in [-0.05, 0) is 24.6 Å². The van der Waals surface area contributed by atoms with Gasteiger partial charge in [-0.15, -0.1) is 11.3 Å². The molecule has 1 aromatic heterocycles. The number of nitrogens with two attached hydrogens (primary N) is 1. The van der Waals surface area contributed by atoms with Crippen molar-refractivity contribution in [2.75, 3.05) is 5.73 Å². The first-order valence-electron chi connectivity index (χ1n) is 5.27. The van der Waals surface area contributed by atoms with Crippen LogP contribution in [0, 0.1) is 12.7 Å². The van der Waals surface area contributed by atoms with E-state index >= 15 is 0 Å². The van der Waals surface area contributed by atoms with Gasteiger partial charge in [0.2, 0.25) is 0 Å². The third-order valence-corrected chi connectivity index (χ3v) is 4.47. The van der Waals surface area contributed by atoms with Crippen LogP contribution in [0.2, 0.25) is 10.0 Å². The number of halogens is 3. The number of nitrogen functional groups attached to an aromatic ring is 1. The summed E-state index contributed by atoms with van der Waals surface area (Å²) >= 11 is 13.0. The predicted molar refractivity (Wildman–Crippen MR) is 75.2 cm³/mol. The van der Waals surface area contributed by atoms with E-state index in [2.05, 4.69) is 4.98 Å². The fourth-order valence-electron chi connectivity index (χ4n) is 1.81. The third kappa shape index (κ3) is 2.46. The quantitative estimate of drug-likeness (QED) is 0.821. The molecule has 1 heterocycles. The topological polar surface area (TPSA) is 38.9 Å². The molecule has 0 amide bonds. The molecule has 6 heteroatoms. The largest absolute Gasteiger partial charge is 0.375 e. The van der Waals surface area contributed by atoms with E-state index in [-0.39, 0.29) is 16.0 Å². The number of aromatic nitrogens is 1. The molecule has 0 aliphatic carbocycles. The molecule has 2 nitrogen and oxygen atoms in total. The maximum absolute atomic E-state index is 13.4. The van der Waals surface area contributed by atoms with Crippen molar-refractivity contribution in [3.8, 4) is 0 Å². The van der Waals surface area contributed by atoms with Crippen LogP contribution in [0.3, 0.4) is 0 Å². The minimum absolute atomic E-state index is 0.0235. The molecule has 1 aromatic carbocycles. The van der Waals surface area contributed by atoms with Crippen LogP contribution < -0.4 is 5.73 Å². The van der Waals surface area contributed by atoms with Crippen LogP contribution in [0.15, 0.2) is 12.1 Å². The second-order valence-corrected chi connectivity index (χ2v) is 5.90. The van der Waals surface area contributed by atoms with Crippen molar-refractivity contribution >= 4 is 39.7 Å². The van der Waals surface area contributed by atoms with E-state index in [4.69, 9.17) is 28.9 Å². The maximum atomic E-state index is 13.4. The zero-order valence-corrected chi connectivity index (χ0v) is 12.1. The highest BCUT2D eigenvalue weighted by Gasteiger charge is 2.18. The molecule has 0 spiro atoms. The molecule has 0 aliphatic heterocycles. The number of rotatable bonds is 2. The Morgan fingerprint density at radius 2 is 1.89 bits per heavy atom. The van der Waals surface area contributed by atoms with Crippen molar-refractivity contribution in [2.45, 2.75) is 19.8 Å². The molecule has 2 N–H and O–H groups in total. The van der Waals surface area contributed by atoms with Gasteiger partial charge in [-0.2, -0.15) is 0 Å². The van der Waals surface area contributed by atoms with Crippen LogP contribution in [-0.4, -0.2) is 4.98 Å². The van der Waals surface area contributed by atoms with E-state index in [0.717, 1.165) is 16.1 Å². The standard InChI is InChI=1S/C12H11Cl2FN2S/c1-5(11-6(2)17-12(16)18-11)7-3-8(13)10(15)9(14)4-7/h3-5H,1-2H3,(H2,16,17). The van der Waals surface area contributed by atoms with Crippen molar-refractivity contribution in [1.29, 1.82) is 0 Å². The van der Waals surface area contributed by atoms with Gasteiger partial charge < -0.3 is 5.73 Å². The molecule has 2 aromatic rings. The van der Waals surface area contributed by atoms with Crippen LogP contribution in [0.4, 0.5) is 9.52 Å². The first-order valence-corrected chi connectivity index (χ1v) is 6.84. The summed E-state index contributed by atoms with van der Waals surface area (Å²) in [5.74, 6) is -0.565. The lowest BCUT2D eigenvalue weighted by molar-refractivity contribution is 0.627. The number of nitrogens with zero attached hydrogens (tertiary/aromatic N) is 1. The average molecular weight is 305 g/mol. The van der Waals surface area contributed by atoms with Crippen LogP contribution in [0.25, 0.3) is 0 Å². The first-order chi connectivity index (χ1) is 8.40. The first kappa shape index (κ1) is 13.6. The average Bonchev–Trinajstić information content (AvgIpc) is 2.63. The minimum Gasteiger partial charge on any atom is -0.375 e. The van der Waals surface area contributed by atoms with Crippen molar-refractivity contribution in [1.82, 2.24) is 4.98 Å². The molecule has 96 valence electrons. The molecule has 0 bridgehead atoms. The molecule has 1 atom stereocenters. The van der Waals surface area contributed by atoms with Crippen LogP contribution in [-0.2, 0) is 0 Å². The summed E-state index contributed by atoms with van der Waals surface area (Å²) in [7, 11) is 0. The molecule has 0 saturated carbocycles. The number of thiazole rings is 1. The molecular weight excluding hydrogens is 294 g/mol. The number of hydrogen-bond donors (Lipinski definition) is 1. The Morgan fingerprint density at radius 1 is 1.33 bits per heavy atom. The number of aryl methyl sites for hydroxylation is 1. The second kappa shape index (κ2) is 5.03. The summed E-state index contributed by atoms with van der Waals surface area (Å²) in [6, 6.07) is 3.17.